The largest absolute Gasteiger partial charge is 0.368 e. The van der Waals surface area contributed by atoms with Gasteiger partial charge in [-0.2, -0.15) is 0 Å². The van der Waals surface area contributed by atoms with Gasteiger partial charge in [0.1, 0.15) is 0 Å². The van der Waals surface area contributed by atoms with Crippen LogP contribution in [0.15, 0.2) is 36.9 Å². The van der Waals surface area contributed by atoms with Crippen molar-refractivity contribution in [2.45, 2.75) is 33.1 Å². The second kappa shape index (κ2) is 5.20. The Morgan fingerprint density at radius 1 is 1.19 bits per heavy atom. The van der Waals surface area contributed by atoms with Crippen LogP contribution in [-0.4, -0.2) is 13.1 Å². The van der Waals surface area contributed by atoms with Gasteiger partial charge in [0.05, 0.1) is 0 Å². The van der Waals surface area contributed by atoms with E-state index in [4.69, 9.17) is 0 Å². The lowest BCUT2D eigenvalue weighted by Gasteiger charge is -2.24. The van der Waals surface area contributed by atoms with Crippen molar-refractivity contribution in [2.24, 2.45) is 0 Å². The summed E-state index contributed by atoms with van der Waals surface area (Å²) in [5.41, 5.74) is 2.88. The average Bonchev–Trinajstić information content (AvgIpc) is 2.25. The smallest absolute Gasteiger partial charge is 0.0369 e. The maximum atomic E-state index is 3.79. The molecule has 1 aromatic rings. The highest BCUT2D eigenvalue weighted by molar-refractivity contribution is 5.48. The molecular weight excluding hydrogens is 194 g/mol. The van der Waals surface area contributed by atoms with E-state index in [1.165, 1.54) is 11.3 Å². The molecule has 1 nitrogen and oxygen atoms in total. The highest BCUT2D eigenvalue weighted by Crippen LogP contribution is 2.24. The maximum Gasteiger partial charge on any atom is 0.0369 e. The third kappa shape index (κ3) is 3.13. The van der Waals surface area contributed by atoms with Crippen LogP contribution in [0, 0.1) is 0 Å². The van der Waals surface area contributed by atoms with E-state index in [1.54, 1.807) is 0 Å². The number of anilines is 1. The summed E-state index contributed by atoms with van der Waals surface area (Å²) < 4.78 is 0. The molecule has 0 atom stereocenters. The minimum atomic E-state index is 0.230. The fourth-order valence-corrected chi connectivity index (χ4v) is 1.75. The molecule has 0 fully saturated rings. The van der Waals surface area contributed by atoms with Gasteiger partial charge in [0.15, 0.2) is 0 Å². The molecule has 0 aliphatic heterocycles. The van der Waals surface area contributed by atoms with Crippen LogP contribution in [0.4, 0.5) is 5.69 Å². The van der Waals surface area contributed by atoms with Crippen LogP contribution in [0.2, 0.25) is 0 Å². The lowest BCUT2D eigenvalue weighted by atomic mass is 9.87. The Balaban J connectivity index is 2.89. The molecule has 16 heavy (non-hydrogen) atoms. The van der Waals surface area contributed by atoms with E-state index in [9.17, 15) is 0 Å². The predicted octanol–water partition coefficient (Wildman–Crippen LogP) is 4.00. The van der Waals surface area contributed by atoms with E-state index < -0.39 is 0 Å². The monoisotopic (exact) mass is 217 g/mol. The van der Waals surface area contributed by atoms with Gasteiger partial charge in [-0.1, -0.05) is 39.0 Å². The average molecular weight is 217 g/mol. The number of hydrogen-bond donors (Lipinski definition) is 0. The van der Waals surface area contributed by atoms with Gasteiger partial charge in [-0.15, -0.1) is 6.58 Å². The molecule has 0 radical (unpaired) electrons. The van der Waals surface area contributed by atoms with Crippen molar-refractivity contribution in [1.29, 1.82) is 0 Å². The Morgan fingerprint density at radius 2 is 1.75 bits per heavy atom. The van der Waals surface area contributed by atoms with Crippen molar-refractivity contribution in [2.75, 3.05) is 18.0 Å². The van der Waals surface area contributed by atoms with Crippen LogP contribution in [-0.2, 0) is 5.41 Å². The van der Waals surface area contributed by atoms with Crippen molar-refractivity contribution >= 4 is 5.69 Å². The summed E-state index contributed by atoms with van der Waals surface area (Å²) in [5, 5.41) is 0. The molecular formula is C15H23N. The van der Waals surface area contributed by atoms with Gasteiger partial charge in [0.25, 0.3) is 0 Å². The van der Waals surface area contributed by atoms with E-state index in [0.29, 0.717) is 0 Å². The van der Waals surface area contributed by atoms with E-state index in [-0.39, 0.29) is 5.41 Å². The Labute approximate surface area is 99.8 Å². The molecule has 0 aliphatic rings. The van der Waals surface area contributed by atoms with Gasteiger partial charge in [0.2, 0.25) is 0 Å². The Morgan fingerprint density at radius 3 is 2.12 bits per heavy atom. The summed E-state index contributed by atoms with van der Waals surface area (Å²) in [5.74, 6) is 0. The second-order valence-electron chi connectivity index (χ2n) is 5.12. The van der Waals surface area contributed by atoms with Crippen LogP contribution in [0.25, 0.3) is 0 Å². The van der Waals surface area contributed by atoms with Crippen molar-refractivity contribution in [3.05, 3.63) is 42.5 Å². The third-order valence-electron chi connectivity index (χ3n) is 2.83. The molecule has 0 unspecified atom stereocenters. The summed E-state index contributed by atoms with van der Waals surface area (Å²) >= 11 is 0. The topological polar surface area (TPSA) is 3.24 Å². The minimum Gasteiger partial charge on any atom is -0.368 e. The van der Waals surface area contributed by atoms with E-state index in [0.717, 1.165) is 13.1 Å². The highest BCUT2D eigenvalue weighted by atomic mass is 15.1. The molecule has 0 heterocycles. The Kier molecular flexibility index (Phi) is 4.17. The lowest BCUT2D eigenvalue weighted by Crippen LogP contribution is -2.22. The number of likely N-dealkylation sites (N-methyl/N-ethyl adjacent to an activating group) is 1. The number of benzene rings is 1. The summed E-state index contributed by atoms with van der Waals surface area (Å²) in [7, 11) is 0. The summed E-state index contributed by atoms with van der Waals surface area (Å²) in [4.78, 5) is 2.30. The normalized spacial score (nSPS) is 11.2. The van der Waals surface area contributed by atoms with E-state index in [2.05, 4.69) is 63.4 Å². The third-order valence-corrected chi connectivity index (χ3v) is 2.83. The second-order valence-corrected chi connectivity index (χ2v) is 5.12. The minimum absolute atomic E-state index is 0.230. The quantitative estimate of drug-likeness (QED) is 0.689. The molecule has 0 saturated heterocycles. The van der Waals surface area contributed by atoms with Crippen LogP contribution in [0.3, 0.4) is 0 Å². The molecule has 0 bridgehead atoms. The first kappa shape index (κ1) is 12.8. The van der Waals surface area contributed by atoms with Gasteiger partial charge < -0.3 is 4.90 Å². The van der Waals surface area contributed by atoms with Gasteiger partial charge in [-0.25, -0.2) is 0 Å². The first-order valence-corrected chi connectivity index (χ1v) is 5.95. The Bertz CT molecular complexity index is 329. The lowest BCUT2D eigenvalue weighted by molar-refractivity contribution is 0.590. The molecule has 0 aromatic heterocycles. The fraction of sp³-hybridized carbons (Fsp3) is 0.467. The predicted molar refractivity (Wildman–Crippen MR) is 73.2 cm³/mol. The molecule has 1 rings (SSSR count). The number of rotatable bonds is 4. The first-order valence-electron chi connectivity index (χ1n) is 5.95. The molecule has 0 N–H and O–H groups in total. The molecule has 0 saturated carbocycles. The molecule has 0 aliphatic carbocycles. The maximum absolute atomic E-state index is 3.79. The molecule has 0 amide bonds. The van der Waals surface area contributed by atoms with Crippen LogP contribution >= 0.6 is 0 Å². The Hall–Kier alpha value is -1.24. The number of hydrogen-bond acceptors (Lipinski definition) is 1. The van der Waals surface area contributed by atoms with Crippen LogP contribution in [0.5, 0.6) is 0 Å². The SMILES string of the molecule is C=CCN(CC)c1ccc(C(C)(C)C)cc1. The van der Waals surface area contributed by atoms with Gasteiger partial charge in [-0.3, -0.25) is 0 Å². The fourth-order valence-electron chi connectivity index (χ4n) is 1.75. The van der Waals surface area contributed by atoms with Gasteiger partial charge in [0, 0.05) is 18.8 Å². The van der Waals surface area contributed by atoms with Gasteiger partial charge in [-0.05, 0) is 30.0 Å². The molecule has 88 valence electrons. The van der Waals surface area contributed by atoms with Crippen LogP contribution in [0.1, 0.15) is 33.3 Å². The molecule has 1 heteroatoms. The zero-order valence-corrected chi connectivity index (χ0v) is 11.0. The van der Waals surface area contributed by atoms with Crippen molar-refractivity contribution in [3.8, 4) is 0 Å². The standard InChI is InChI=1S/C15H23N/c1-6-12-16(7-2)14-10-8-13(9-11-14)15(3,4)5/h6,8-11H,1,7,12H2,2-5H3. The van der Waals surface area contributed by atoms with E-state index in [1.807, 2.05) is 6.08 Å². The summed E-state index contributed by atoms with van der Waals surface area (Å²) in [6.07, 6.45) is 1.95. The molecule has 0 spiro atoms. The van der Waals surface area contributed by atoms with Crippen molar-refractivity contribution < 1.29 is 0 Å². The molecule has 1 aromatic carbocycles. The van der Waals surface area contributed by atoms with Crippen LogP contribution < -0.4 is 4.90 Å². The highest BCUT2D eigenvalue weighted by Gasteiger charge is 2.13. The summed E-state index contributed by atoms with van der Waals surface area (Å²) in [6, 6.07) is 8.85. The summed E-state index contributed by atoms with van der Waals surface area (Å²) in [6.45, 7) is 14.6. The zero-order chi connectivity index (χ0) is 12.2. The van der Waals surface area contributed by atoms with Crippen molar-refractivity contribution in [3.63, 3.8) is 0 Å². The zero-order valence-electron chi connectivity index (χ0n) is 11.0. The first-order chi connectivity index (χ1) is 7.49. The van der Waals surface area contributed by atoms with Crippen molar-refractivity contribution in [1.82, 2.24) is 0 Å². The van der Waals surface area contributed by atoms with E-state index >= 15 is 0 Å². The number of nitrogens with zero attached hydrogens (tertiary/aromatic N) is 1. The van der Waals surface area contributed by atoms with Gasteiger partial charge >= 0.3 is 0 Å².